The van der Waals surface area contributed by atoms with Gasteiger partial charge in [0.1, 0.15) is 11.4 Å². The highest BCUT2D eigenvalue weighted by molar-refractivity contribution is 5.89. The third-order valence-corrected chi connectivity index (χ3v) is 11.3. The van der Waals surface area contributed by atoms with Crippen LogP contribution in [0.3, 0.4) is 0 Å². The summed E-state index contributed by atoms with van der Waals surface area (Å²) in [5, 5.41) is 22.0. The van der Waals surface area contributed by atoms with E-state index in [-0.39, 0.29) is 29.6 Å². The maximum atomic E-state index is 13.4. The number of fused-ring (bicyclic) bond motifs is 4. The first-order chi connectivity index (χ1) is 15.0. The molecule has 1 saturated heterocycles. The molecule has 1 heterocycles. The molecule has 0 aromatic carbocycles. The lowest BCUT2D eigenvalue weighted by Crippen LogP contribution is -2.66. The van der Waals surface area contributed by atoms with E-state index in [0.717, 1.165) is 12.8 Å². The van der Waals surface area contributed by atoms with E-state index in [1.54, 1.807) is 0 Å². The van der Waals surface area contributed by atoms with Gasteiger partial charge in [-0.3, -0.25) is 4.79 Å². The Bertz CT molecular complexity index is 805. The molecule has 0 aromatic rings. The number of hydrogen-bond donors (Lipinski definition) is 2. The Morgan fingerprint density at radius 3 is 2.47 bits per heavy atom. The summed E-state index contributed by atoms with van der Waals surface area (Å²) in [4.78, 5) is 13.4. The zero-order chi connectivity index (χ0) is 23.2. The highest BCUT2D eigenvalue weighted by Gasteiger charge is 2.80. The lowest BCUT2D eigenvalue weighted by molar-refractivity contribution is -0.179. The van der Waals surface area contributed by atoms with E-state index in [0.29, 0.717) is 41.9 Å². The van der Waals surface area contributed by atoms with Crippen LogP contribution in [0, 0.1) is 52.3 Å². The minimum Gasteiger partial charge on any atom is -0.393 e. The molecule has 32 heavy (non-hydrogen) atoms. The van der Waals surface area contributed by atoms with Gasteiger partial charge in [-0.1, -0.05) is 46.8 Å². The van der Waals surface area contributed by atoms with E-state index < -0.39 is 23.2 Å². The first kappa shape index (κ1) is 23.1. The molecule has 1 spiro atoms. The third kappa shape index (κ3) is 2.94. The molecule has 2 N–H and O–H groups in total. The molecule has 4 aliphatic carbocycles. The van der Waals surface area contributed by atoms with Gasteiger partial charge in [0.2, 0.25) is 0 Å². The molecule has 5 rings (SSSR count). The van der Waals surface area contributed by atoms with Crippen molar-refractivity contribution in [2.45, 2.75) is 104 Å². The maximum absolute atomic E-state index is 13.4. The predicted octanol–water partition coefficient (Wildman–Crippen LogP) is 4.77. The number of aliphatic hydroxyl groups is 2. The maximum Gasteiger partial charge on any atom is 0.144 e. The normalized spacial score (nSPS) is 54.0. The first-order valence-electron chi connectivity index (χ1n) is 13.2. The zero-order valence-corrected chi connectivity index (χ0v) is 20.9. The minimum absolute atomic E-state index is 0.0371. The Labute approximate surface area is 194 Å². The van der Waals surface area contributed by atoms with Crippen LogP contribution in [0.4, 0.5) is 0 Å². The summed E-state index contributed by atoms with van der Waals surface area (Å²) in [5.41, 5.74) is -1.08. The fourth-order valence-electron chi connectivity index (χ4n) is 9.21. The molecule has 4 saturated carbocycles. The quantitative estimate of drug-likeness (QED) is 0.484. The minimum atomic E-state index is -0.656. The molecule has 12 atom stereocenters. The average Bonchev–Trinajstić information content (AvgIpc) is 3.28. The van der Waals surface area contributed by atoms with E-state index in [2.05, 4.69) is 53.7 Å². The van der Waals surface area contributed by atoms with Crippen LogP contribution >= 0.6 is 0 Å². The molecule has 0 radical (unpaired) electrons. The number of allylic oxidation sites excluding steroid dienone is 2. The molecule has 4 nitrogen and oxygen atoms in total. The Morgan fingerprint density at radius 1 is 1.06 bits per heavy atom. The van der Waals surface area contributed by atoms with Crippen LogP contribution in [0.5, 0.6) is 0 Å². The number of carbonyl (C=O) groups is 1. The van der Waals surface area contributed by atoms with Gasteiger partial charge in [0.15, 0.2) is 0 Å². The first-order valence-corrected chi connectivity index (χ1v) is 13.2. The van der Waals surface area contributed by atoms with Crippen molar-refractivity contribution in [3.8, 4) is 0 Å². The number of aliphatic hydroxyl groups excluding tert-OH is 2. The average molecular weight is 445 g/mol. The lowest BCUT2D eigenvalue weighted by atomic mass is 9.43. The number of carbonyl (C=O) groups excluding carboxylic acids is 1. The van der Waals surface area contributed by atoms with Gasteiger partial charge in [-0.15, -0.1) is 0 Å². The number of hydrogen-bond acceptors (Lipinski definition) is 4. The van der Waals surface area contributed by atoms with Crippen LogP contribution in [0.15, 0.2) is 12.2 Å². The summed E-state index contributed by atoms with van der Waals surface area (Å²) in [6.07, 6.45) is 8.73. The Balaban J connectivity index is 1.43. The van der Waals surface area contributed by atoms with Crippen molar-refractivity contribution >= 4 is 5.78 Å². The number of epoxide rings is 1. The van der Waals surface area contributed by atoms with Crippen molar-refractivity contribution in [1.82, 2.24) is 0 Å². The smallest absolute Gasteiger partial charge is 0.144 e. The molecule has 4 heteroatoms. The zero-order valence-electron chi connectivity index (χ0n) is 20.9. The van der Waals surface area contributed by atoms with Gasteiger partial charge in [-0.05, 0) is 73.5 Å². The van der Waals surface area contributed by atoms with E-state index in [9.17, 15) is 15.0 Å². The summed E-state index contributed by atoms with van der Waals surface area (Å²) in [7, 11) is 0. The SMILES string of the molecule is CC(C)[C@@H](C)/C=C/[C@@H](C)[C@H]1CC[C@H]2[C@@H]3C[C@H]4O[C@]45C[C@@H](O)CC(=O)[C@]5(C)[C@H]3[C@H](O)C[C@]12C. The number of rotatable bonds is 4. The van der Waals surface area contributed by atoms with Crippen LogP contribution in [-0.4, -0.2) is 39.9 Å². The van der Waals surface area contributed by atoms with Gasteiger partial charge >= 0.3 is 0 Å². The van der Waals surface area contributed by atoms with E-state index in [1.807, 2.05) is 0 Å². The topological polar surface area (TPSA) is 70.1 Å². The monoisotopic (exact) mass is 444 g/mol. The lowest BCUT2D eigenvalue weighted by Gasteiger charge is -2.60. The molecule has 1 aliphatic heterocycles. The highest BCUT2D eigenvalue weighted by atomic mass is 16.6. The van der Waals surface area contributed by atoms with Crippen molar-refractivity contribution in [3.05, 3.63) is 12.2 Å². The van der Waals surface area contributed by atoms with Crippen molar-refractivity contribution in [3.63, 3.8) is 0 Å². The number of ether oxygens (including phenoxy) is 1. The Morgan fingerprint density at radius 2 is 1.78 bits per heavy atom. The van der Waals surface area contributed by atoms with E-state index >= 15 is 0 Å². The molecule has 5 fully saturated rings. The van der Waals surface area contributed by atoms with Crippen LogP contribution < -0.4 is 0 Å². The molecule has 0 unspecified atom stereocenters. The number of ketones is 1. The van der Waals surface area contributed by atoms with Crippen molar-refractivity contribution in [2.24, 2.45) is 52.3 Å². The Kier molecular flexibility index (Phi) is 5.33. The van der Waals surface area contributed by atoms with Gasteiger partial charge in [0.25, 0.3) is 0 Å². The summed E-state index contributed by atoms with van der Waals surface area (Å²) in [6.45, 7) is 13.7. The van der Waals surface area contributed by atoms with Crippen molar-refractivity contribution < 1.29 is 19.7 Å². The molecule has 180 valence electrons. The van der Waals surface area contributed by atoms with Crippen LogP contribution in [0.2, 0.25) is 0 Å². The second-order valence-electron chi connectivity index (χ2n) is 13.0. The largest absolute Gasteiger partial charge is 0.393 e. The molecule has 0 aromatic heterocycles. The van der Waals surface area contributed by atoms with Gasteiger partial charge in [0.05, 0.1) is 23.7 Å². The van der Waals surface area contributed by atoms with E-state index in [4.69, 9.17) is 4.74 Å². The third-order valence-electron chi connectivity index (χ3n) is 11.3. The van der Waals surface area contributed by atoms with Crippen LogP contribution in [0.1, 0.15) is 80.1 Å². The summed E-state index contributed by atoms with van der Waals surface area (Å²) >= 11 is 0. The molecular weight excluding hydrogens is 400 g/mol. The number of Topliss-reactive ketones (excluding diaryl/α,β-unsaturated/α-hetero) is 1. The Hall–Kier alpha value is -0.710. The molecule has 5 aliphatic rings. The van der Waals surface area contributed by atoms with Gasteiger partial charge in [-0.2, -0.15) is 0 Å². The fraction of sp³-hybridized carbons (Fsp3) is 0.893. The fourth-order valence-corrected chi connectivity index (χ4v) is 9.21. The van der Waals surface area contributed by atoms with E-state index in [1.165, 1.54) is 12.8 Å². The molecule has 0 bridgehead atoms. The van der Waals surface area contributed by atoms with Gasteiger partial charge < -0.3 is 14.9 Å². The predicted molar refractivity (Wildman–Crippen MR) is 125 cm³/mol. The second kappa shape index (κ2) is 7.39. The highest BCUT2D eigenvalue weighted by Crippen LogP contribution is 2.73. The molecular formula is C28H44O4. The van der Waals surface area contributed by atoms with Crippen molar-refractivity contribution in [2.75, 3.05) is 0 Å². The van der Waals surface area contributed by atoms with Gasteiger partial charge in [-0.25, -0.2) is 0 Å². The van der Waals surface area contributed by atoms with Crippen molar-refractivity contribution in [1.29, 1.82) is 0 Å². The van der Waals surface area contributed by atoms with Crippen LogP contribution in [0.25, 0.3) is 0 Å². The summed E-state index contributed by atoms with van der Waals surface area (Å²) < 4.78 is 6.29. The van der Waals surface area contributed by atoms with Crippen LogP contribution in [-0.2, 0) is 9.53 Å². The molecule has 0 amide bonds. The summed E-state index contributed by atoms with van der Waals surface area (Å²) in [5.74, 6) is 3.25. The summed E-state index contributed by atoms with van der Waals surface area (Å²) in [6, 6.07) is 0. The second-order valence-corrected chi connectivity index (χ2v) is 13.0. The standard InChI is InChI=1S/C28H44O4/c1-15(2)16(3)7-8-17(4)20-9-10-21-19-12-24-28(32-24)13-18(29)11-23(31)27(28,6)25(19)22(30)14-26(20,21)5/h7-8,15-22,24-25,29-30H,9-14H2,1-6H3/b8-7+/t16-,17+,18-,19-,20+,21-,22+,24+,25+,26+,27+,28+/m0/s1. The van der Waals surface area contributed by atoms with Gasteiger partial charge in [0, 0.05) is 18.8 Å².